The van der Waals surface area contributed by atoms with Gasteiger partial charge in [0.1, 0.15) is 0 Å². The Hall–Kier alpha value is -2.56. The molecule has 0 bridgehead atoms. The molecular weight excluding hydrogens is 306 g/mol. The number of Topliss-reactive ketones (excluding diaryl/α,β-unsaturated/α-hetero) is 2. The molecule has 0 radical (unpaired) electrons. The minimum absolute atomic E-state index is 0.0269. The van der Waals surface area contributed by atoms with Gasteiger partial charge in [-0.25, -0.2) is 0 Å². The molecule has 5 heteroatoms. The summed E-state index contributed by atoms with van der Waals surface area (Å²) in [6, 6.07) is 3.63. The van der Waals surface area contributed by atoms with Crippen LogP contribution in [0.15, 0.2) is 46.8 Å². The molecule has 0 aliphatic heterocycles. The summed E-state index contributed by atoms with van der Waals surface area (Å²) in [7, 11) is 0. The number of rotatable bonds is 6. The van der Waals surface area contributed by atoms with Gasteiger partial charge in [0.15, 0.2) is 11.6 Å². The predicted molar refractivity (Wildman–Crippen MR) is 89.6 cm³/mol. The number of carbonyl (C=O) groups excluding carboxylic acids is 2. The van der Waals surface area contributed by atoms with Crippen LogP contribution in [0, 0.1) is 0 Å². The Bertz CT molecular complexity index is 744. The molecule has 1 aliphatic rings. The first-order valence-electron chi connectivity index (χ1n) is 7.94. The molecule has 0 fully saturated rings. The third-order valence-electron chi connectivity index (χ3n) is 4.55. The minimum atomic E-state index is -0.872. The van der Waals surface area contributed by atoms with Crippen molar-refractivity contribution >= 4 is 17.5 Å². The van der Waals surface area contributed by atoms with Crippen LogP contribution in [0.25, 0.3) is 0 Å². The first-order chi connectivity index (χ1) is 11.3. The summed E-state index contributed by atoms with van der Waals surface area (Å²) in [6.07, 6.45) is 4.25. The van der Waals surface area contributed by atoms with Gasteiger partial charge in [-0.15, -0.1) is 0 Å². The molecule has 1 heterocycles. The van der Waals surface area contributed by atoms with Crippen molar-refractivity contribution in [1.29, 1.82) is 0 Å². The lowest BCUT2D eigenvalue weighted by atomic mass is 9.76. The normalized spacial score (nSPS) is 16.6. The van der Waals surface area contributed by atoms with E-state index in [1.807, 2.05) is 6.07 Å². The van der Waals surface area contributed by atoms with Gasteiger partial charge in [-0.3, -0.25) is 19.4 Å². The van der Waals surface area contributed by atoms with E-state index in [0.717, 1.165) is 5.56 Å². The first-order valence-corrected chi connectivity index (χ1v) is 7.94. The first kappa shape index (κ1) is 17.8. The van der Waals surface area contributed by atoms with Crippen molar-refractivity contribution in [1.82, 2.24) is 4.98 Å². The summed E-state index contributed by atoms with van der Waals surface area (Å²) >= 11 is 0. The smallest absolute Gasteiger partial charge is 0.303 e. The number of allylic oxidation sites excluding steroid dienone is 4. The molecular formula is C19H21NO4. The number of carbonyl (C=O) groups is 3. The van der Waals surface area contributed by atoms with Crippen LogP contribution in [0.5, 0.6) is 0 Å². The van der Waals surface area contributed by atoms with Crippen LogP contribution in [-0.4, -0.2) is 27.6 Å². The largest absolute Gasteiger partial charge is 0.481 e. The fraction of sp³-hybridized carbons (Fsp3) is 0.368. The number of carboxylic acid groups (broad SMARTS) is 1. The molecule has 24 heavy (non-hydrogen) atoms. The van der Waals surface area contributed by atoms with E-state index in [1.54, 1.807) is 39.2 Å². The monoisotopic (exact) mass is 327 g/mol. The number of hydrogen-bond acceptors (Lipinski definition) is 4. The van der Waals surface area contributed by atoms with Crippen LogP contribution in [0.1, 0.15) is 51.5 Å². The average Bonchev–Trinajstić information content (AvgIpc) is 2.57. The number of pyridine rings is 1. The fourth-order valence-electron chi connectivity index (χ4n) is 3.05. The zero-order chi connectivity index (χ0) is 17.9. The number of carboxylic acids is 1. The van der Waals surface area contributed by atoms with Gasteiger partial charge in [0.05, 0.1) is 0 Å². The van der Waals surface area contributed by atoms with Gasteiger partial charge in [-0.1, -0.05) is 6.07 Å². The lowest BCUT2D eigenvalue weighted by Crippen LogP contribution is -2.25. The molecule has 126 valence electrons. The van der Waals surface area contributed by atoms with Crippen LogP contribution in [0.4, 0.5) is 0 Å². The third-order valence-corrected chi connectivity index (χ3v) is 4.55. The highest BCUT2D eigenvalue weighted by atomic mass is 16.4. The molecule has 0 amide bonds. The van der Waals surface area contributed by atoms with Gasteiger partial charge in [-0.05, 0) is 45.2 Å². The highest BCUT2D eigenvalue weighted by molar-refractivity contribution is 6.25. The molecule has 1 aliphatic carbocycles. The van der Waals surface area contributed by atoms with Gasteiger partial charge in [-0.2, -0.15) is 0 Å². The zero-order valence-electron chi connectivity index (χ0n) is 14.1. The lowest BCUT2D eigenvalue weighted by Gasteiger charge is -2.26. The third kappa shape index (κ3) is 3.50. The Kier molecular flexibility index (Phi) is 5.44. The van der Waals surface area contributed by atoms with Crippen molar-refractivity contribution in [2.45, 2.75) is 46.0 Å². The van der Waals surface area contributed by atoms with Gasteiger partial charge >= 0.3 is 5.97 Å². The van der Waals surface area contributed by atoms with E-state index >= 15 is 0 Å². The topological polar surface area (TPSA) is 84.3 Å². The van der Waals surface area contributed by atoms with E-state index in [1.165, 1.54) is 0 Å². The summed E-state index contributed by atoms with van der Waals surface area (Å²) in [5.41, 5.74) is 2.70. The Morgan fingerprint density at radius 2 is 1.79 bits per heavy atom. The Morgan fingerprint density at radius 3 is 2.38 bits per heavy atom. The van der Waals surface area contributed by atoms with Crippen LogP contribution < -0.4 is 0 Å². The van der Waals surface area contributed by atoms with Crippen LogP contribution in [-0.2, 0) is 14.4 Å². The number of nitrogens with zero attached hydrogens (tertiary/aromatic N) is 1. The minimum Gasteiger partial charge on any atom is -0.481 e. The fourth-order valence-corrected chi connectivity index (χ4v) is 3.05. The molecule has 1 aromatic rings. The maximum atomic E-state index is 12.8. The molecule has 2 rings (SSSR count). The van der Waals surface area contributed by atoms with Crippen molar-refractivity contribution in [3.63, 3.8) is 0 Å². The van der Waals surface area contributed by atoms with Gasteiger partial charge in [0.2, 0.25) is 0 Å². The summed E-state index contributed by atoms with van der Waals surface area (Å²) in [5, 5.41) is 8.88. The van der Waals surface area contributed by atoms with Crippen molar-refractivity contribution in [3.8, 4) is 0 Å². The van der Waals surface area contributed by atoms with E-state index in [9.17, 15) is 14.4 Å². The quantitative estimate of drug-likeness (QED) is 0.811. The number of aliphatic carboxylic acids is 1. The lowest BCUT2D eigenvalue weighted by molar-refractivity contribution is -0.137. The molecule has 1 N–H and O–H groups in total. The van der Waals surface area contributed by atoms with E-state index in [4.69, 9.17) is 5.11 Å². The number of hydrogen-bond donors (Lipinski definition) is 1. The van der Waals surface area contributed by atoms with Gasteiger partial charge < -0.3 is 5.11 Å². The molecule has 0 saturated heterocycles. The number of ketones is 2. The second-order valence-corrected chi connectivity index (χ2v) is 6.07. The highest BCUT2D eigenvalue weighted by Gasteiger charge is 2.33. The van der Waals surface area contributed by atoms with Crippen LogP contribution in [0.2, 0.25) is 0 Å². The zero-order valence-corrected chi connectivity index (χ0v) is 14.1. The predicted octanol–water partition coefficient (Wildman–Crippen LogP) is 3.22. The summed E-state index contributed by atoms with van der Waals surface area (Å²) in [6.45, 7) is 5.00. The second kappa shape index (κ2) is 7.34. The van der Waals surface area contributed by atoms with Crippen molar-refractivity contribution in [3.05, 3.63) is 52.4 Å². The summed E-state index contributed by atoms with van der Waals surface area (Å²) in [5.74, 6) is -1.44. The van der Waals surface area contributed by atoms with Gasteiger partial charge in [0, 0.05) is 47.0 Å². The Morgan fingerprint density at radius 1 is 1.12 bits per heavy atom. The molecule has 1 atom stereocenters. The van der Waals surface area contributed by atoms with Crippen LogP contribution in [0.3, 0.4) is 0 Å². The molecule has 0 aromatic carbocycles. The van der Waals surface area contributed by atoms with E-state index in [2.05, 4.69) is 4.98 Å². The molecule has 0 spiro atoms. The average molecular weight is 327 g/mol. The standard InChI is InChI=1S/C19H21NO4/c1-11-12(2)19(24)17(13(3)18(11)23)15(7-4-8-16(21)22)14-6-5-9-20-10-14/h5-6,9-10,15H,4,7-8H2,1-3H3,(H,21,22). The Labute approximate surface area is 141 Å². The summed E-state index contributed by atoms with van der Waals surface area (Å²) in [4.78, 5) is 40.1. The van der Waals surface area contributed by atoms with E-state index < -0.39 is 5.97 Å². The molecule has 1 unspecified atom stereocenters. The number of aromatic nitrogens is 1. The van der Waals surface area contributed by atoms with E-state index in [-0.39, 0.29) is 23.9 Å². The maximum Gasteiger partial charge on any atom is 0.303 e. The second-order valence-electron chi connectivity index (χ2n) is 6.07. The van der Waals surface area contributed by atoms with E-state index in [0.29, 0.717) is 35.1 Å². The van der Waals surface area contributed by atoms with Crippen molar-refractivity contribution < 1.29 is 19.5 Å². The summed E-state index contributed by atoms with van der Waals surface area (Å²) < 4.78 is 0. The maximum absolute atomic E-state index is 12.8. The van der Waals surface area contributed by atoms with Crippen molar-refractivity contribution in [2.24, 2.45) is 0 Å². The van der Waals surface area contributed by atoms with Gasteiger partial charge in [0.25, 0.3) is 0 Å². The Balaban J connectivity index is 2.45. The highest BCUT2D eigenvalue weighted by Crippen LogP contribution is 2.37. The van der Waals surface area contributed by atoms with Crippen molar-refractivity contribution in [2.75, 3.05) is 0 Å². The SMILES string of the molecule is CC1=C(C)C(=O)C(C(CCCC(=O)O)c2cccnc2)=C(C)C1=O. The molecule has 5 nitrogen and oxygen atoms in total. The van der Waals surface area contributed by atoms with Crippen LogP contribution >= 0.6 is 0 Å². The molecule has 0 saturated carbocycles. The molecule has 1 aromatic heterocycles.